The summed E-state index contributed by atoms with van der Waals surface area (Å²) in [5.74, 6) is 0.403. The second-order valence-electron chi connectivity index (χ2n) is 10.7. The molecule has 208 valence electrons. The van der Waals surface area contributed by atoms with Crippen LogP contribution in [0.5, 0.6) is 0 Å². The number of benzene rings is 1. The SMILES string of the molecule is CC(=O)c1c(C2CCC(OCCN3CCOCC3)CC2)nc2c(-c3ccc(-c4ccccc4)nc3)cnn2c1N. The van der Waals surface area contributed by atoms with Crippen LogP contribution in [0.3, 0.4) is 0 Å². The number of fused-ring (bicyclic) bond motifs is 1. The number of nitrogens with zero attached hydrogens (tertiary/aromatic N) is 5. The first-order valence-corrected chi connectivity index (χ1v) is 14.2. The van der Waals surface area contributed by atoms with Crippen molar-refractivity contribution in [1.29, 1.82) is 0 Å². The standard InChI is InChI=1S/C31H36N6O3/c1-21(38)28-29(23-7-10-25(11-8-23)40-18-15-36-13-16-39-17-14-36)35-31-26(20-34-37(31)30(28)32)24-9-12-27(33-19-24)22-5-3-2-4-6-22/h2-6,9,12,19-20,23,25H,7-8,10-11,13-18,32H2,1H3. The van der Waals surface area contributed by atoms with Gasteiger partial charge in [-0.2, -0.15) is 9.61 Å². The summed E-state index contributed by atoms with van der Waals surface area (Å²) in [4.78, 5) is 24.9. The zero-order valence-corrected chi connectivity index (χ0v) is 23.0. The second kappa shape index (κ2) is 11.8. The van der Waals surface area contributed by atoms with E-state index in [1.165, 1.54) is 0 Å². The van der Waals surface area contributed by atoms with E-state index in [1.807, 2.05) is 48.7 Å². The first-order valence-electron chi connectivity index (χ1n) is 14.2. The maximum Gasteiger partial charge on any atom is 0.165 e. The molecule has 6 rings (SSSR count). The molecule has 1 aromatic carbocycles. The number of aromatic nitrogens is 4. The molecule has 0 bridgehead atoms. The van der Waals surface area contributed by atoms with E-state index in [0.29, 0.717) is 17.0 Å². The maximum absolute atomic E-state index is 12.8. The van der Waals surface area contributed by atoms with E-state index in [0.717, 1.165) is 93.2 Å². The van der Waals surface area contributed by atoms with Gasteiger partial charge in [0.2, 0.25) is 0 Å². The predicted octanol–water partition coefficient (Wildman–Crippen LogP) is 4.62. The molecule has 0 spiro atoms. The highest BCUT2D eigenvalue weighted by Crippen LogP contribution is 2.38. The van der Waals surface area contributed by atoms with Gasteiger partial charge in [-0.05, 0) is 38.7 Å². The van der Waals surface area contributed by atoms with Gasteiger partial charge >= 0.3 is 0 Å². The Hall–Kier alpha value is -3.66. The van der Waals surface area contributed by atoms with Crippen LogP contribution in [0, 0.1) is 0 Å². The number of morpholine rings is 1. The molecule has 2 aliphatic rings. The van der Waals surface area contributed by atoms with Crippen LogP contribution in [0.15, 0.2) is 54.9 Å². The van der Waals surface area contributed by atoms with Gasteiger partial charge in [-0.15, -0.1) is 0 Å². The predicted molar refractivity (Wildman–Crippen MR) is 154 cm³/mol. The van der Waals surface area contributed by atoms with Crippen LogP contribution in [-0.4, -0.2) is 75.8 Å². The van der Waals surface area contributed by atoms with Gasteiger partial charge in [-0.3, -0.25) is 14.7 Å². The number of nitrogen functional groups attached to an aromatic ring is 1. The number of rotatable bonds is 8. The zero-order chi connectivity index (χ0) is 27.5. The summed E-state index contributed by atoms with van der Waals surface area (Å²) in [5, 5.41) is 4.51. The Bertz CT molecular complexity index is 1460. The van der Waals surface area contributed by atoms with E-state index in [2.05, 4.69) is 15.0 Å². The van der Waals surface area contributed by atoms with Crippen molar-refractivity contribution in [3.05, 3.63) is 66.1 Å². The van der Waals surface area contributed by atoms with Crippen molar-refractivity contribution in [2.45, 2.75) is 44.6 Å². The highest BCUT2D eigenvalue weighted by atomic mass is 16.5. The molecule has 2 N–H and O–H groups in total. The Morgan fingerprint density at radius 2 is 1.80 bits per heavy atom. The zero-order valence-electron chi connectivity index (χ0n) is 23.0. The Kier molecular flexibility index (Phi) is 7.86. The minimum Gasteiger partial charge on any atom is -0.383 e. The van der Waals surface area contributed by atoms with Gasteiger partial charge in [0, 0.05) is 48.4 Å². The Morgan fingerprint density at radius 1 is 1.02 bits per heavy atom. The third kappa shape index (κ3) is 5.50. The van der Waals surface area contributed by atoms with E-state index in [1.54, 1.807) is 17.6 Å². The fourth-order valence-electron chi connectivity index (χ4n) is 5.90. The number of carbonyl (C=O) groups is 1. The molecule has 1 aliphatic heterocycles. The summed E-state index contributed by atoms with van der Waals surface area (Å²) >= 11 is 0. The van der Waals surface area contributed by atoms with Crippen LogP contribution in [0.4, 0.5) is 5.82 Å². The van der Waals surface area contributed by atoms with Crippen LogP contribution < -0.4 is 5.73 Å². The van der Waals surface area contributed by atoms with Gasteiger partial charge in [-0.1, -0.05) is 36.4 Å². The van der Waals surface area contributed by atoms with E-state index in [-0.39, 0.29) is 17.8 Å². The number of Topliss-reactive ketones (excluding diaryl/α,β-unsaturated/α-hetero) is 1. The number of hydrogen-bond acceptors (Lipinski definition) is 8. The lowest BCUT2D eigenvalue weighted by Gasteiger charge is -2.31. The number of pyridine rings is 1. The molecular weight excluding hydrogens is 504 g/mol. The van der Waals surface area contributed by atoms with Crippen molar-refractivity contribution >= 4 is 17.2 Å². The van der Waals surface area contributed by atoms with Crippen LogP contribution in [-0.2, 0) is 9.47 Å². The molecule has 9 nitrogen and oxygen atoms in total. The van der Waals surface area contributed by atoms with E-state index in [9.17, 15) is 4.79 Å². The normalized spacial score (nSPS) is 20.1. The molecule has 1 saturated heterocycles. The summed E-state index contributed by atoms with van der Waals surface area (Å²) in [6.45, 7) is 6.79. The largest absolute Gasteiger partial charge is 0.383 e. The van der Waals surface area contributed by atoms with Crippen LogP contribution in [0.1, 0.15) is 54.6 Å². The molecule has 0 atom stereocenters. The van der Waals surface area contributed by atoms with Crippen molar-refractivity contribution in [1.82, 2.24) is 24.5 Å². The van der Waals surface area contributed by atoms with E-state index in [4.69, 9.17) is 20.2 Å². The molecule has 2 fully saturated rings. The lowest BCUT2D eigenvalue weighted by molar-refractivity contribution is -0.0101. The van der Waals surface area contributed by atoms with Crippen LogP contribution in [0.2, 0.25) is 0 Å². The average molecular weight is 541 g/mol. The van der Waals surface area contributed by atoms with Gasteiger partial charge in [0.15, 0.2) is 11.4 Å². The van der Waals surface area contributed by atoms with Crippen molar-refractivity contribution < 1.29 is 14.3 Å². The minimum atomic E-state index is -0.0864. The maximum atomic E-state index is 12.8. The molecule has 0 unspecified atom stereocenters. The highest BCUT2D eigenvalue weighted by molar-refractivity contribution is 6.00. The number of nitrogens with two attached hydrogens (primary N) is 1. The van der Waals surface area contributed by atoms with Gasteiger partial charge in [0.05, 0.1) is 49.1 Å². The third-order valence-corrected chi connectivity index (χ3v) is 8.13. The van der Waals surface area contributed by atoms with Gasteiger partial charge < -0.3 is 15.2 Å². The Labute approximate surface area is 234 Å². The second-order valence-corrected chi connectivity index (χ2v) is 10.7. The van der Waals surface area contributed by atoms with Gasteiger partial charge in [-0.25, -0.2) is 4.98 Å². The fourth-order valence-corrected chi connectivity index (χ4v) is 5.90. The number of ether oxygens (including phenoxy) is 2. The molecule has 3 aromatic heterocycles. The summed E-state index contributed by atoms with van der Waals surface area (Å²) in [6, 6.07) is 14.1. The van der Waals surface area contributed by atoms with Crippen LogP contribution >= 0.6 is 0 Å². The average Bonchev–Trinajstić information content (AvgIpc) is 3.43. The highest BCUT2D eigenvalue weighted by Gasteiger charge is 2.30. The number of carbonyl (C=O) groups excluding carboxylic acids is 1. The van der Waals surface area contributed by atoms with E-state index < -0.39 is 0 Å². The third-order valence-electron chi connectivity index (χ3n) is 8.13. The molecule has 4 aromatic rings. The van der Waals surface area contributed by atoms with Crippen molar-refractivity contribution in [2.75, 3.05) is 45.2 Å². The van der Waals surface area contributed by atoms with E-state index >= 15 is 0 Å². The topological polar surface area (TPSA) is 108 Å². The van der Waals surface area contributed by atoms with Crippen molar-refractivity contribution in [2.24, 2.45) is 0 Å². The molecule has 4 heterocycles. The molecular formula is C31H36N6O3. The Morgan fingerprint density at radius 3 is 2.50 bits per heavy atom. The molecule has 0 radical (unpaired) electrons. The number of ketones is 1. The summed E-state index contributed by atoms with van der Waals surface area (Å²) < 4.78 is 13.2. The van der Waals surface area contributed by atoms with Crippen LogP contribution in [0.25, 0.3) is 28.0 Å². The first-order chi connectivity index (χ1) is 19.6. The number of hydrogen-bond donors (Lipinski definition) is 1. The monoisotopic (exact) mass is 540 g/mol. The van der Waals surface area contributed by atoms with Crippen molar-refractivity contribution in [3.63, 3.8) is 0 Å². The first kappa shape index (κ1) is 26.6. The summed E-state index contributed by atoms with van der Waals surface area (Å²) in [7, 11) is 0. The van der Waals surface area contributed by atoms with Gasteiger partial charge in [0.1, 0.15) is 5.82 Å². The summed E-state index contributed by atoms with van der Waals surface area (Å²) in [5.41, 5.74) is 12.2. The molecule has 1 aliphatic carbocycles. The Balaban J connectivity index is 1.21. The molecule has 40 heavy (non-hydrogen) atoms. The molecule has 0 amide bonds. The lowest BCUT2D eigenvalue weighted by Crippen LogP contribution is -2.39. The molecule has 9 heteroatoms. The molecule has 1 saturated carbocycles. The van der Waals surface area contributed by atoms with Gasteiger partial charge in [0.25, 0.3) is 0 Å². The minimum absolute atomic E-state index is 0.0864. The summed E-state index contributed by atoms with van der Waals surface area (Å²) in [6.07, 6.45) is 7.52. The lowest BCUT2D eigenvalue weighted by atomic mass is 9.83. The quantitative estimate of drug-likeness (QED) is 0.323. The van der Waals surface area contributed by atoms with Crippen molar-refractivity contribution in [3.8, 4) is 22.4 Å². The fraction of sp³-hybridized carbons (Fsp3) is 0.419. The smallest absolute Gasteiger partial charge is 0.165 e. The number of anilines is 1.